The van der Waals surface area contributed by atoms with Gasteiger partial charge in [-0.15, -0.1) is 0 Å². The van der Waals surface area contributed by atoms with Gasteiger partial charge in [-0.05, 0) is 37.1 Å². The average Bonchev–Trinajstić information content (AvgIpc) is 2.63. The number of anilines is 2. The highest BCUT2D eigenvalue weighted by Crippen LogP contribution is 2.35. The minimum Gasteiger partial charge on any atom is -0.360 e. The first kappa shape index (κ1) is 23.1. The minimum absolute atomic E-state index is 0.210. The molecule has 0 aliphatic rings. The van der Waals surface area contributed by atoms with Crippen LogP contribution in [0.1, 0.15) is 11.1 Å². The van der Waals surface area contributed by atoms with Crippen LogP contribution in [0, 0.1) is 24.0 Å². The van der Waals surface area contributed by atoms with Crippen LogP contribution in [0.5, 0.6) is 0 Å². The Kier molecular flexibility index (Phi) is 6.40. The Hall–Kier alpha value is -3.15. The zero-order chi connectivity index (χ0) is 22.9. The molecule has 0 bridgehead atoms. The number of hydrogen-bond donors (Lipinski definition) is 1. The van der Waals surface area contributed by atoms with Crippen LogP contribution in [-0.4, -0.2) is 38.3 Å². The zero-order valence-electron chi connectivity index (χ0n) is 16.1. The summed E-state index contributed by atoms with van der Waals surface area (Å²) in [5.74, 6) is -0.517. The van der Waals surface area contributed by atoms with Crippen LogP contribution in [0.25, 0.3) is 0 Å². The molecule has 30 heavy (non-hydrogen) atoms. The topological polar surface area (TPSA) is 110 Å². The Bertz CT molecular complexity index is 1080. The number of carbonyl (C=O) groups is 1. The number of hydrogen-bond acceptors (Lipinski definition) is 6. The van der Waals surface area contributed by atoms with Crippen LogP contribution < -0.4 is 10.2 Å². The molecule has 0 spiro atoms. The summed E-state index contributed by atoms with van der Waals surface area (Å²) >= 11 is 0. The second-order valence-corrected chi connectivity index (χ2v) is 8.47. The summed E-state index contributed by atoms with van der Waals surface area (Å²) in [5.41, 5.74) is -4.49. The van der Waals surface area contributed by atoms with E-state index in [0.717, 1.165) is 22.1 Å². The molecule has 0 heterocycles. The number of likely N-dealkylation sites (N-methyl/N-ethyl adjacent to an activating group) is 1. The SMILES string of the molecule is Cc1cccc(C)c1NC(=O)CN(C)c1ccc(S(=O)(=O)C(F)(F)F)cc1[N+](=O)[O-]. The predicted molar refractivity (Wildman–Crippen MR) is 104 cm³/mol. The molecule has 0 fully saturated rings. The van der Waals surface area contributed by atoms with Crippen LogP contribution in [0.4, 0.5) is 30.2 Å². The van der Waals surface area contributed by atoms with Crippen LogP contribution in [0.2, 0.25) is 0 Å². The molecule has 8 nitrogen and oxygen atoms in total. The molecule has 1 amide bonds. The standard InChI is InChI=1S/C18H18F3N3O5S/c1-11-5-4-6-12(2)17(11)22-16(25)10-23(3)14-8-7-13(9-15(14)24(26)27)30(28,29)18(19,20)21/h4-9H,10H2,1-3H3,(H,22,25). The Morgan fingerprint density at radius 3 is 2.23 bits per heavy atom. The van der Waals surface area contributed by atoms with Gasteiger partial charge in [-0.3, -0.25) is 14.9 Å². The number of para-hydroxylation sites is 1. The molecule has 2 rings (SSSR count). The number of aryl methyl sites for hydroxylation is 2. The fourth-order valence-corrected chi connectivity index (χ4v) is 3.55. The molecular formula is C18H18F3N3O5S. The fraction of sp³-hybridized carbons (Fsp3) is 0.278. The van der Waals surface area contributed by atoms with Gasteiger partial charge in [0.1, 0.15) is 5.69 Å². The summed E-state index contributed by atoms with van der Waals surface area (Å²) in [7, 11) is -4.43. The van der Waals surface area contributed by atoms with Gasteiger partial charge in [0.2, 0.25) is 5.91 Å². The number of rotatable bonds is 6. The number of nitro groups is 1. The summed E-state index contributed by atoms with van der Waals surface area (Å²) in [6, 6.07) is 7.20. The lowest BCUT2D eigenvalue weighted by molar-refractivity contribution is -0.384. The van der Waals surface area contributed by atoms with Crippen molar-refractivity contribution in [2.75, 3.05) is 23.8 Å². The van der Waals surface area contributed by atoms with Gasteiger partial charge < -0.3 is 10.2 Å². The van der Waals surface area contributed by atoms with E-state index in [4.69, 9.17) is 0 Å². The van der Waals surface area contributed by atoms with Crippen LogP contribution in [0.15, 0.2) is 41.3 Å². The molecular weight excluding hydrogens is 427 g/mol. The van der Waals surface area contributed by atoms with Gasteiger partial charge in [0.05, 0.1) is 16.4 Å². The summed E-state index contributed by atoms with van der Waals surface area (Å²) in [4.78, 5) is 22.6. The van der Waals surface area contributed by atoms with Crippen molar-refractivity contribution < 1.29 is 31.3 Å². The van der Waals surface area contributed by atoms with Crippen molar-refractivity contribution in [1.82, 2.24) is 0 Å². The Labute approximate surface area is 170 Å². The predicted octanol–water partition coefficient (Wildman–Crippen LogP) is 3.58. The maximum atomic E-state index is 12.7. The number of nitro benzene ring substituents is 1. The van der Waals surface area contributed by atoms with Crippen molar-refractivity contribution in [2.24, 2.45) is 0 Å². The smallest absolute Gasteiger partial charge is 0.360 e. The van der Waals surface area contributed by atoms with E-state index < -0.39 is 36.8 Å². The quantitative estimate of drug-likeness (QED) is 0.538. The van der Waals surface area contributed by atoms with Crippen molar-refractivity contribution in [3.63, 3.8) is 0 Å². The zero-order valence-corrected chi connectivity index (χ0v) is 17.0. The molecule has 12 heteroatoms. The molecule has 0 radical (unpaired) electrons. The highest BCUT2D eigenvalue weighted by atomic mass is 32.2. The number of sulfone groups is 1. The third-order valence-electron chi connectivity index (χ3n) is 4.30. The van der Waals surface area contributed by atoms with E-state index in [1.807, 2.05) is 6.07 Å². The second-order valence-electron chi connectivity index (χ2n) is 6.53. The van der Waals surface area contributed by atoms with E-state index in [1.54, 1.807) is 26.0 Å². The van der Waals surface area contributed by atoms with Gasteiger partial charge in [0.15, 0.2) is 0 Å². The largest absolute Gasteiger partial charge is 0.501 e. The lowest BCUT2D eigenvalue weighted by Gasteiger charge is -2.20. The van der Waals surface area contributed by atoms with Gasteiger partial charge in [0, 0.05) is 18.8 Å². The molecule has 0 unspecified atom stereocenters. The van der Waals surface area contributed by atoms with E-state index in [1.165, 1.54) is 7.05 Å². The molecule has 0 saturated heterocycles. The number of alkyl halides is 3. The highest BCUT2D eigenvalue weighted by Gasteiger charge is 2.47. The Balaban J connectivity index is 2.32. The van der Waals surface area contributed by atoms with Crippen molar-refractivity contribution in [2.45, 2.75) is 24.3 Å². The Morgan fingerprint density at radius 1 is 1.17 bits per heavy atom. The molecule has 0 atom stereocenters. The summed E-state index contributed by atoms with van der Waals surface area (Å²) in [5, 5.41) is 14.0. The monoisotopic (exact) mass is 445 g/mol. The van der Waals surface area contributed by atoms with Crippen LogP contribution >= 0.6 is 0 Å². The van der Waals surface area contributed by atoms with E-state index in [9.17, 15) is 36.5 Å². The van der Waals surface area contributed by atoms with Gasteiger partial charge in [-0.25, -0.2) is 8.42 Å². The molecule has 0 saturated carbocycles. The van der Waals surface area contributed by atoms with Gasteiger partial charge in [-0.2, -0.15) is 13.2 Å². The summed E-state index contributed by atoms with van der Waals surface area (Å²) < 4.78 is 61.3. The molecule has 2 aromatic carbocycles. The Morgan fingerprint density at radius 2 is 1.73 bits per heavy atom. The highest BCUT2D eigenvalue weighted by molar-refractivity contribution is 7.92. The normalized spacial score (nSPS) is 11.8. The van der Waals surface area contributed by atoms with Crippen molar-refractivity contribution in [3.05, 3.63) is 57.6 Å². The van der Waals surface area contributed by atoms with Gasteiger partial charge in [0.25, 0.3) is 15.5 Å². The molecule has 1 N–H and O–H groups in total. The second kappa shape index (κ2) is 8.30. The number of halogens is 3. The van der Waals surface area contributed by atoms with Crippen molar-refractivity contribution in [1.29, 1.82) is 0 Å². The maximum Gasteiger partial charge on any atom is 0.501 e. The molecule has 0 aliphatic heterocycles. The van der Waals surface area contributed by atoms with Crippen LogP contribution in [0.3, 0.4) is 0 Å². The third kappa shape index (κ3) is 4.70. The van der Waals surface area contributed by atoms with Crippen molar-refractivity contribution in [3.8, 4) is 0 Å². The first-order valence-electron chi connectivity index (χ1n) is 8.42. The third-order valence-corrected chi connectivity index (χ3v) is 5.78. The van der Waals surface area contributed by atoms with Crippen LogP contribution in [-0.2, 0) is 14.6 Å². The summed E-state index contributed by atoms with van der Waals surface area (Å²) in [6.45, 7) is 3.22. The van der Waals surface area contributed by atoms with Gasteiger partial charge >= 0.3 is 5.51 Å². The van der Waals surface area contributed by atoms with E-state index in [2.05, 4.69) is 5.32 Å². The molecule has 2 aromatic rings. The number of nitrogens with zero attached hydrogens (tertiary/aromatic N) is 2. The lowest BCUT2D eigenvalue weighted by Crippen LogP contribution is -2.31. The lowest BCUT2D eigenvalue weighted by atomic mass is 10.1. The number of nitrogens with one attached hydrogen (secondary N) is 1. The number of carbonyl (C=O) groups excluding carboxylic acids is 1. The molecule has 0 aliphatic carbocycles. The summed E-state index contributed by atoms with van der Waals surface area (Å²) in [6.07, 6.45) is 0. The maximum absolute atomic E-state index is 12.7. The average molecular weight is 445 g/mol. The molecule has 162 valence electrons. The number of benzene rings is 2. The first-order chi connectivity index (χ1) is 13.8. The minimum atomic E-state index is -5.75. The van der Waals surface area contributed by atoms with E-state index >= 15 is 0 Å². The van der Waals surface area contributed by atoms with Crippen molar-refractivity contribution >= 4 is 32.8 Å². The van der Waals surface area contributed by atoms with Gasteiger partial charge in [-0.1, -0.05) is 18.2 Å². The molecule has 0 aromatic heterocycles. The van der Waals surface area contributed by atoms with E-state index in [0.29, 0.717) is 17.8 Å². The fourth-order valence-electron chi connectivity index (χ4n) is 2.76. The van der Waals surface area contributed by atoms with E-state index in [-0.39, 0.29) is 12.2 Å². The number of amides is 1. The first-order valence-corrected chi connectivity index (χ1v) is 9.91.